The number of ether oxygens (including phenoxy) is 1. The van der Waals surface area contributed by atoms with Crippen LogP contribution in [0.15, 0.2) is 18.2 Å². The van der Waals surface area contributed by atoms with Crippen LogP contribution in [0.4, 0.5) is 0 Å². The van der Waals surface area contributed by atoms with Gasteiger partial charge in [0.1, 0.15) is 5.75 Å². The van der Waals surface area contributed by atoms with E-state index >= 15 is 0 Å². The fourth-order valence-electron chi connectivity index (χ4n) is 1.15. The van der Waals surface area contributed by atoms with Gasteiger partial charge in [0.25, 0.3) is 0 Å². The van der Waals surface area contributed by atoms with E-state index in [1.807, 2.05) is 0 Å². The third kappa shape index (κ3) is 3.80. The maximum atomic E-state index is 10.7. The third-order valence-electron chi connectivity index (χ3n) is 1.70. The minimum Gasteiger partial charge on any atom is -0.545 e. The SMILES string of the molecule is CC(=O)Oc1cccc(C(=O)[O-])c1C(=O)[O-].[Pb+2]. The summed E-state index contributed by atoms with van der Waals surface area (Å²) in [5.41, 5.74) is -1.31. The molecule has 2 radical (unpaired) electrons. The van der Waals surface area contributed by atoms with E-state index in [1.54, 1.807) is 0 Å². The van der Waals surface area contributed by atoms with E-state index < -0.39 is 29.0 Å². The van der Waals surface area contributed by atoms with E-state index in [0.29, 0.717) is 0 Å². The number of hydrogen-bond acceptors (Lipinski definition) is 6. The molecular formula is C10H6O6Pb. The van der Waals surface area contributed by atoms with E-state index in [9.17, 15) is 24.6 Å². The van der Waals surface area contributed by atoms with E-state index in [4.69, 9.17) is 0 Å². The minimum atomic E-state index is -1.75. The second kappa shape index (κ2) is 6.33. The zero-order valence-electron chi connectivity index (χ0n) is 8.68. The van der Waals surface area contributed by atoms with Crippen molar-refractivity contribution in [1.82, 2.24) is 0 Å². The Bertz CT molecular complexity index is 468. The van der Waals surface area contributed by atoms with Crippen molar-refractivity contribution in [2.45, 2.75) is 6.92 Å². The van der Waals surface area contributed by atoms with Crippen molar-refractivity contribution >= 4 is 45.2 Å². The molecule has 1 rings (SSSR count). The molecule has 0 atom stereocenters. The Hall–Kier alpha value is -1.45. The molecule has 0 aliphatic rings. The first-order chi connectivity index (χ1) is 7.43. The number of benzene rings is 1. The number of carboxylic acids is 2. The minimum absolute atomic E-state index is 0. The van der Waals surface area contributed by atoms with Crippen molar-refractivity contribution in [3.8, 4) is 5.75 Å². The summed E-state index contributed by atoms with van der Waals surface area (Å²) in [4.78, 5) is 32.0. The molecule has 1 aromatic carbocycles. The summed E-state index contributed by atoms with van der Waals surface area (Å²) in [5, 5.41) is 21.4. The summed E-state index contributed by atoms with van der Waals surface area (Å²) in [5.74, 6) is -4.59. The monoisotopic (exact) mass is 430 g/mol. The summed E-state index contributed by atoms with van der Waals surface area (Å²) in [6.07, 6.45) is 0. The van der Waals surface area contributed by atoms with Crippen LogP contribution in [0.1, 0.15) is 27.6 Å². The van der Waals surface area contributed by atoms with Gasteiger partial charge >= 0.3 is 33.3 Å². The van der Waals surface area contributed by atoms with Gasteiger partial charge in [0, 0.05) is 18.1 Å². The second-order valence-corrected chi connectivity index (χ2v) is 2.85. The van der Waals surface area contributed by atoms with Crippen LogP contribution in [0.3, 0.4) is 0 Å². The van der Waals surface area contributed by atoms with Crippen LogP contribution < -0.4 is 14.9 Å². The van der Waals surface area contributed by atoms with Crippen LogP contribution in [-0.2, 0) is 4.79 Å². The van der Waals surface area contributed by atoms with Crippen LogP contribution in [0, 0.1) is 0 Å². The fourth-order valence-corrected chi connectivity index (χ4v) is 1.15. The number of carbonyl (C=O) groups excluding carboxylic acids is 3. The smallest absolute Gasteiger partial charge is 0.545 e. The Balaban J connectivity index is 0.00000256. The largest absolute Gasteiger partial charge is 2.00 e. The molecule has 0 amide bonds. The quantitative estimate of drug-likeness (QED) is 0.311. The summed E-state index contributed by atoms with van der Waals surface area (Å²) in [6.45, 7) is 1.06. The van der Waals surface area contributed by atoms with Crippen LogP contribution in [0.5, 0.6) is 5.75 Å². The molecule has 0 aliphatic heterocycles. The molecule has 0 saturated carbocycles. The van der Waals surface area contributed by atoms with Crippen molar-refractivity contribution in [3.63, 3.8) is 0 Å². The first kappa shape index (κ1) is 15.6. The molecule has 0 unspecified atom stereocenters. The van der Waals surface area contributed by atoms with E-state index in [2.05, 4.69) is 4.74 Å². The first-order valence-electron chi connectivity index (χ1n) is 4.17. The number of esters is 1. The molecule has 0 bridgehead atoms. The Labute approximate surface area is 116 Å². The Morgan fingerprint density at radius 3 is 2.12 bits per heavy atom. The molecule has 86 valence electrons. The molecule has 0 aromatic heterocycles. The van der Waals surface area contributed by atoms with Gasteiger partial charge in [-0.1, -0.05) is 12.1 Å². The second-order valence-electron chi connectivity index (χ2n) is 2.85. The third-order valence-corrected chi connectivity index (χ3v) is 1.70. The fraction of sp³-hybridized carbons (Fsp3) is 0.100. The predicted octanol–water partition coefficient (Wildman–Crippen LogP) is -2.04. The van der Waals surface area contributed by atoms with Gasteiger partial charge in [-0.3, -0.25) is 4.79 Å². The topological polar surface area (TPSA) is 107 Å². The van der Waals surface area contributed by atoms with Gasteiger partial charge in [-0.25, -0.2) is 0 Å². The predicted molar refractivity (Wildman–Crippen MR) is 52.2 cm³/mol. The van der Waals surface area contributed by atoms with Crippen molar-refractivity contribution < 1.29 is 29.3 Å². The average Bonchev–Trinajstić information content (AvgIpc) is 2.15. The number of aromatic carboxylic acids is 2. The van der Waals surface area contributed by atoms with Gasteiger partial charge in [0.15, 0.2) is 0 Å². The summed E-state index contributed by atoms with van der Waals surface area (Å²) in [6, 6.07) is 3.41. The summed E-state index contributed by atoms with van der Waals surface area (Å²) < 4.78 is 4.55. The van der Waals surface area contributed by atoms with Gasteiger partial charge in [-0.05, 0) is 6.07 Å². The Morgan fingerprint density at radius 2 is 1.71 bits per heavy atom. The number of carboxylic acid groups (broad SMARTS) is 2. The molecule has 0 saturated heterocycles. The molecule has 0 N–H and O–H groups in total. The Kier molecular flexibility index (Phi) is 5.79. The molecule has 0 spiro atoms. The summed E-state index contributed by atoms with van der Waals surface area (Å²) in [7, 11) is 0. The first-order valence-corrected chi connectivity index (χ1v) is 4.17. The molecule has 0 fully saturated rings. The zero-order valence-corrected chi connectivity index (χ0v) is 12.6. The van der Waals surface area contributed by atoms with Gasteiger partial charge in [-0.15, -0.1) is 0 Å². The number of carbonyl (C=O) groups is 3. The van der Waals surface area contributed by atoms with E-state index in [1.165, 1.54) is 6.07 Å². The van der Waals surface area contributed by atoms with E-state index in [0.717, 1.165) is 19.1 Å². The average molecular weight is 429 g/mol. The van der Waals surface area contributed by atoms with Gasteiger partial charge < -0.3 is 24.5 Å². The summed E-state index contributed by atoms with van der Waals surface area (Å²) >= 11 is 0. The normalized spacial score (nSPS) is 9.00. The number of hydrogen-bond donors (Lipinski definition) is 0. The van der Waals surface area contributed by atoms with Crippen LogP contribution >= 0.6 is 0 Å². The molecule has 7 heteroatoms. The van der Waals surface area contributed by atoms with Crippen LogP contribution in [0.2, 0.25) is 0 Å². The maximum absolute atomic E-state index is 10.7. The molecule has 0 heterocycles. The van der Waals surface area contributed by atoms with Crippen molar-refractivity contribution in [2.75, 3.05) is 0 Å². The van der Waals surface area contributed by atoms with Gasteiger partial charge in [0.05, 0.1) is 11.9 Å². The molecule has 0 aliphatic carbocycles. The van der Waals surface area contributed by atoms with Crippen molar-refractivity contribution in [1.29, 1.82) is 0 Å². The van der Waals surface area contributed by atoms with Crippen molar-refractivity contribution in [3.05, 3.63) is 29.3 Å². The molecule has 6 nitrogen and oxygen atoms in total. The van der Waals surface area contributed by atoms with Gasteiger partial charge in [0.2, 0.25) is 0 Å². The van der Waals surface area contributed by atoms with Crippen LogP contribution in [0.25, 0.3) is 0 Å². The number of rotatable bonds is 3. The maximum Gasteiger partial charge on any atom is 2.00 e. The zero-order chi connectivity index (χ0) is 12.3. The van der Waals surface area contributed by atoms with Gasteiger partial charge in [-0.2, -0.15) is 0 Å². The van der Waals surface area contributed by atoms with Crippen LogP contribution in [-0.4, -0.2) is 45.2 Å². The van der Waals surface area contributed by atoms with Crippen molar-refractivity contribution in [2.24, 2.45) is 0 Å². The molecule has 1 aromatic rings. The van der Waals surface area contributed by atoms with E-state index in [-0.39, 0.29) is 33.0 Å². The molecule has 17 heavy (non-hydrogen) atoms. The standard InChI is InChI=1S/C10H8O6.Pb/c1-5(11)16-7-4-2-3-6(9(12)13)8(7)10(14)15;/h2-4H,1H3,(H,12,13)(H,14,15);/q;+2/p-2. The molecular weight excluding hydrogens is 423 g/mol. The Morgan fingerprint density at radius 1 is 1.12 bits per heavy atom.